The van der Waals surface area contributed by atoms with Crippen LogP contribution in [0.2, 0.25) is 0 Å². The summed E-state index contributed by atoms with van der Waals surface area (Å²) in [5, 5.41) is 20.2. The van der Waals surface area contributed by atoms with Crippen molar-refractivity contribution < 1.29 is 9.90 Å². The van der Waals surface area contributed by atoms with Crippen molar-refractivity contribution in [1.82, 2.24) is 14.8 Å². The van der Waals surface area contributed by atoms with Crippen LogP contribution >= 0.6 is 0 Å². The maximum atomic E-state index is 12.8. The number of rotatable bonds is 1. The number of hydrogen-bond acceptors (Lipinski definition) is 5. The van der Waals surface area contributed by atoms with Gasteiger partial charge in [0, 0.05) is 17.7 Å². The number of phenolic OH excluding ortho intramolecular Hbond substituents is 1. The summed E-state index contributed by atoms with van der Waals surface area (Å²) in [5.41, 5.74) is 1.58. The van der Waals surface area contributed by atoms with Gasteiger partial charge in [0.25, 0.3) is 0 Å². The molecule has 1 aliphatic heterocycles. The number of carbonyl (C=O) groups is 1. The zero-order valence-electron chi connectivity index (χ0n) is 13.4. The van der Waals surface area contributed by atoms with Crippen LogP contribution in [0.25, 0.3) is 10.8 Å². The Morgan fingerprint density at radius 1 is 1.20 bits per heavy atom. The molecule has 3 aromatic rings. The second-order valence-corrected chi connectivity index (χ2v) is 6.46. The van der Waals surface area contributed by atoms with Crippen LogP contribution in [0.3, 0.4) is 0 Å². The van der Waals surface area contributed by atoms with Crippen molar-refractivity contribution in [1.29, 1.82) is 0 Å². The highest BCUT2D eigenvalue weighted by atomic mass is 16.3. The molecule has 2 heterocycles. The Morgan fingerprint density at radius 2 is 2.08 bits per heavy atom. The summed E-state index contributed by atoms with van der Waals surface area (Å²) >= 11 is 0. The molecule has 2 aromatic carbocycles. The molecule has 2 atom stereocenters. The number of ketones is 1. The first kappa shape index (κ1) is 14.2. The number of fused-ring (bicyclic) bond motifs is 3. The number of carbonyl (C=O) groups excluding carboxylic acids is 1. The Balaban J connectivity index is 1.83. The number of Topliss-reactive ketones (excluding diaryl/α,β-unsaturated/α-hetero) is 1. The van der Waals surface area contributed by atoms with Crippen LogP contribution in [0.4, 0.5) is 5.95 Å². The predicted octanol–water partition coefficient (Wildman–Crippen LogP) is 3.01. The third-order valence-electron chi connectivity index (χ3n) is 5.09. The minimum absolute atomic E-state index is 0.156. The number of nitrogens with one attached hydrogen (secondary N) is 1. The molecule has 124 valence electrons. The molecule has 2 N–H and O–H groups in total. The third kappa shape index (κ3) is 2.00. The van der Waals surface area contributed by atoms with Crippen LogP contribution in [0.15, 0.2) is 54.5 Å². The van der Waals surface area contributed by atoms with E-state index in [4.69, 9.17) is 0 Å². The van der Waals surface area contributed by atoms with Gasteiger partial charge in [0.1, 0.15) is 23.9 Å². The Labute approximate surface area is 143 Å². The largest absolute Gasteiger partial charge is 0.508 e. The van der Waals surface area contributed by atoms with Crippen LogP contribution in [0.5, 0.6) is 5.75 Å². The van der Waals surface area contributed by atoms with E-state index in [9.17, 15) is 9.90 Å². The predicted molar refractivity (Wildman–Crippen MR) is 93.2 cm³/mol. The number of aromatic nitrogens is 3. The van der Waals surface area contributed by atoms with Crippen molar-refractivity contribution in [2.45, 2.75) is 18.9 Å². The zero-order valence-corrected chi connectivity index (χ0v) is 13.4. The highest BCUT2D eigenvalue weighted by Gasteiger charge is 2.42. The highest BCUT2D eigenvalue weighted by molar-refractivity contribution is 5.92. The number of benzene rings is 2. The van der Waals surface area contributed by atoms with Gasteiger partial charge in [0.15, 0.2) is 0 Å². The van der Waals surface area contributed by atoms with E-state index in [-0.39, 0.29) is 17.5 Å². The molecule has 0 bridgehead atoms. The second kappa shape index (κ2) is 5.17. The van der Waals surface area contributed by atoms with Crippen molar-refractivity contribution >= 4 is 22.5 Å². The molecule has 0 fully saturated rings. The van der Waals surface area contributed by atoms with E-state index in [0.717, 1.165) is 28.5 Å². The van der Waals surface area contributed by atoms with E-state index in [0.29, 0.717) is 12.4 Å². The molecular formula is C19H16N4O2. The quantitative estimate of drug-likeness (QED) is 0.716. The van der Waals surface area contributed by atoms with E-state index in [2.05, 4.69) is 21.5 Å². The molecular weight excluding hydrogens is 316 g/mol. The first-order valence-corrected chi connectivity index (χ1v) is 8.34. The molecule has 25 heavy (non-hydrogen) atoms. The lowest BCUT2D eigenvalue weighted by Gasteiger charge is -2.36. The number of hydrogen-bond donors (Lipinski definition) is 2. The fraction of sp³-hybridized carbons (Fsp3) is 0.211. The number of anilines is 1. The fourth-order valence-electron chi connectivity index (χ4n) is 4.00. The summed E-state index contributed by atoms with van der Waals surface area (Å²) in [6, 6.07) is 11.0. The molecule has 5 rings (SSSR count). The molecule has 0 saturated carbocycles. The van der Waals surface area contributed by atoms with Crippen molar-refractivity contribution in [3.05, 3.63) is 60.1 Å². The Morgan fingerprint density at radius 3 is 3.00 bits per heavy atom. The minimum atomic E-state index is -0.413. The van der Waals surface area contributed by atoms with Crippen molar-refractivity contribution in [3.8, 4) is 5.75 Å². The van der Waals surface area contributed by atoms with Gasteiger partial charge in [-0.2, -0.15) is 10.1 Å². The van der Waals surface area contributed by atoms with E-state index in [1.54, 1.807) is 10.7 Å². The molecule has 0 amide bonds. The number of phenols is 1. The van der Waals surface area contributed by atoms with Gasteiger partial charge >= 0.3 is 0 Å². The van der Waals surface area contributed by atoms with Crippen LogP contribution in [-0.2, 0) is 4.79 Å². The first-order chi connectivity index (χ1) is 12.2. The smallest absolute Gasteiger partial charge is 0.226 e. The molecule has 6 heteroatoms. The van der Waals surface area contributed by atoms with Crippen LogP contribution in [0, 0.1) is 5.92 Å². The maximum Gasteiger partial charge on any atom is 0.226 e. The van der Waals surface area contributed by atoms with Crippen molar-refractivity contribution in [2.75, 3.05) is 5.32 Å². The van der Waals surface area contributed by atoms with Gasteiger partial charge in [-0.3, -0.25) is 4.79 Å². The average Bonchev–Trinajstić information content (AvgIpc) is 3.09. The van der Waals surface area contributed by atoms with E-state index in [1.807, 2.05) is 30.3 Å². The number of aromatic hydroxyl groups is 1. The fourth-order valence-corrected chi connectivity index (χ4v) is 4.00. The van der Waals surface area contributed by atoms with Crippen LogP contribution in [0.1, 0.15) is 24.4 Å². The Bertz CT molecular complexity index is 1040. The topological polar surface area (TPSA) is 80.0 Å². The molecule has 0 spiro atoms. The summed E-state index contributed by atoms with van der Waals surface area (Å²) in [4.78, 5) is 17.0. The summed E-state index contributed by atoms with van der Waals surface area (Å²) < 4.78 is 1.72. The molecule has 0 saturated heterocycles. The second-order valence-electron chi connectivity index (χ2n) is 6.46. The van der Waals surface area contributed by atoms with Crippen molar-refractivity contribution in [3.63, 3.8) is 0 Å². The Hall–Kier alpha value is -3.15. The normalized spacial score (nSPS) is 22.1. The van der Waals surface area contributed by atoms with Gasteiger partial charge in [0.2, 0.25) is 5.95 Å². The lowest BCUT2D eigenvalue weighted by molar-refractivity contribution is -0.123. The summed E-state index contributed by atoms with van der Waals surface area (Å²) in [6.07, 6.45) is 4.75. The summed E-state index contributed by atoms with van der Waals surface area (Å²) in [6.45, 7) is 0. The lowest BCUT2D eigenvalue weighted by Crippen LogP contribution is -2.38. The molecule has 6 nitrogen and oxygen atoms in total. The maximum absolute atomic E-state index is 12.8. The average molecular weight is 332 g/mol. The van der Waals surface area contributed by atoms with Crippen LogP contribution in [-0.4, -0.2) is 25.7 Å². The van der Waals surface area contributed by atoms with Gasteiger partial charge in [-0.15, -0.1) is 0 Å². The van der Waals surface area contributed by atoms with Crippen molar-refractivity contribution in [2.24, 2.45) is 5.92 Å². The Kier molecular flexibility index (Phi) is 2.94. The van der Waals surface area contributed by atoms with E-state index in [1.165, 1.54) is 6.33 Å². The number of nitrogens with zero attached hydrogens (tertiary/aromatic N) is 3. The molecule has 1 aromatic heterocycles. The monoisotopic (exact) mass is 332 g/mol. The van der Waals surface area contributed by atoms with Gasteiger partial charge in [0.05, 0.1) is 5.92 Å². The van der Waals surface area contributed by atoms with E-state index < -0.39 is 6.04 Å². The van der Waals surface area contributed by atoms with Gasteiger partial charge in [-0.25, -0.2) is 4.68 Å². The third-order valence-corrected chi connectivity index (χ3v) is 5.09. The van der Waals surface area contributed by atoms with Gasteiger partial charge < -0.3 is 10.4 Å². The minimum Gasteiger partial charge on any atom is -0.508 e. The first-order valence-electron chi connectivity index (χ1n) is 8.34. The SMILES string of the molecule is O=C1CCC=C2Nc3ncnn3[C@H](c3c(O)ccc4ccccc34)[C@@H]12. The summed E-state index contributed by atoms with van der Waals surface area (Å²) in [7, 11) is 0. The molecule has 0 unspecified atom stereocenters. The zero-order chi connectivity index (χ0) is 17.0. The standard InChI is InChI=1S/C19H16N4O2/c24-14-7-3-6-13-17(14)18(23-19(22-13)20-10-21-23)16-12-5-2-1-4-11(12)8-9-15(16)25/h1-2,4-6,8-10,17-18,25H,3,7H2,(H,20,21,22)/t17-,18-/m1/s1. The molecule has 2 aliphatic rings. The van der Waals surface area contributed by atoms with Gasteiger partial charge in [-0.05, 0) is 23.3 Å². The molecule has 1 aliphatic carbocycles. The molecule has 0 radical (unpaired) electrons. The van der Waals surface area contributed by atoms with E-state index >= 15 is 0 Å². The highest BCUT2D eigenvalue weighted by Crippen LogP contribution is 2.45. The summed E-state index contributed by atoms with van der Waals surface area (Å²) in [5.74, 6) is 0.530. The van der Waals surface area contributed by atoms with Crippen LogP contribution < -0.4 is 5.32 Å². The van der Waals surface area contributed by atoms with Gasteiger partial charge in [-0.1, -0.05) is 36.4 Å². The lowest BCUT2D eigenvalue weighted by atomic mass is 9.79. The number of allylic oxidation sites excluding steroid dienone is 2.